The van der Waals surface area contributed by atoms with Crippen molar-refractivity contribution < 1.29 is 28.2 Å². The average Bonchev–Trinajstić information content (AvgIpc) is 2.75. The molecule has 3 atom stereocenters. The molecule has 1 aromatic carbocycles. The van der Waals surface area contributed by atoms with Gasteiger partial charge in [0.25, 0.3) is 0 Å². The van der Waals surface area contributed by atoms with Gasteiger partial charge in [-0.3, -0.25) is 0 Å². The SMILES string of the molecule is CC[C@]12CC[C@@](O)(CCC(F)(F)F)C[C@H]1CCCc1cc(C(=O)O)ccc12. The Kier molecular flexibility index (Phi) is 5.32. The van der Waals surface area contributed by atoms with E-state index in [2.05, 4.69) is 6.92 Å². The summed E-state index contributed by atoms with van der Waals surface area (Å²) in [4.78, 5) is 11.3. The molecule has 3 nitrogen and oxygen atoms in total. The summed E-state index contributed by atoms with van der Waals surface area (Å²) in [6.07, 6.45) is -0.741. The summed E-state index contributed by atoms with van der Waals surface area (Å²) in [5, 5.41) is 20.1. The van der Waals surface area contributed by atoms with Crippen LogP contribution in [0.3, 0.4) is 0 Å². The van der Waals surface area contributed by atoms with Gasteiger partial charge in [0, 0.05) is 6.42 Å². The molecule has 1 saturated carbocycles. The van der Waals surface area contributed by atoms with Crippen LogP contribution in [0.25, 0.3) is 0 Å². The van der Waals surface area contributed by atoms with E-state index in [-0.39, 0.29) is 23.3 Å². The molecule has 1 fully saturated rings. The first-order valence-corrected chi connectivity index (χ1v) is 9.74. The number of hydrogen-bond donors (Lipinski definition) is 2. The normalized spacial score (nSPS) is 30.9. The zero-order chi connectivity index (χ0) is 19.9. The van der Waals surface area contributed by atoms with Gasteiger partial charge in [-0.15, -0.1) is 0 Å². The lowest BCUT2D eigenvalue weighted by molar-refractivity contribution is -0.153. The minimum Gasteiger partial charge on any atom is -0.478 e. The number of halogens is 3. The number of aliphatic hydroxyl groups is 1. The van der Waals surface area contributed by atoms with Gasteiger partial charge in [0.2, 0.25) is 0 Å². The van der Waals surface area contributed by atoms with Crippen molar-refractivity contribution in [2.45, 2.75) is 81.9 Å². The number of hydrogen-bond acceptors (Lipinski definition) is 2. The lowest BCUT2D eigenvalue weighted by Crippen LogP contribution is -2.48. The number of carbonyl (C=O) groups is 1. The van der Waals surface area contributed by atoms with E-state index in [1.807, 2.05) is 6.07 Å². The molecule has 3 rings (SSSR count). The molecule has 6 heteroatoms. The summed E-state index contributed by atoms with van der Waals surface area (Å²) < 4.78 is 38.0. The maximum absolute atomic E-state index is 12.7. The highest BCUT2D eigenvalue weighted by molar-refractivity contribution is 5.88. The lowest BCUT2D eigenvalue weighted by Gasteiger charge is -2.50. The first kappa shape index (κ1) is 20.2. The van der Waals surface area contributed by atoms with Crippen molar-refractivity contribution in [2.24, 2.45) is 5.92 Å². The molecule has 0 bridgehead atoms. The van der Waals surface area contributed by atoms with Crippen LogP contribution in [0.15, 0.2) is 18.2 Å². The van der Waals surface area contributed by atoms with Crippen LogP contribution in [0.1, 0.15) is 79.8 Å². The second kappa shape index (κ2) is 7.12. The molecule has 2 aliphatic rings. The van der Waals surface area contributed by atoms with Gasteiger partial charge in [-0.2, -0.15) is 13.2 Å². The quantitative estimate of drug-likeness (QED) is 0.746. The molecule has 0 aliphatic heterocycles. The fourth-order valence-corrected chi connectivity index (χ4v) is 5.36. The van der Waals surface area contributed by atoms with E-state index in [1.54, 1.807) is 12.1 Å². The van der Waals surface area contributed by atoms with E-state index in [0.717, 1.165) is 36.8 Å². The second-order valence-electron chi connectivity index (χ2n) is 8.32. The zero-order valence-electron chi connectivity index (χ0n) is 15.6. The number of carboxylic acid groups (broad SMARTS) is 1. The van der Waals surface area contributed by atoms with Gasteiger partial charge in [-0.25, -0.2) is 4.79 Å². The molecule has 0 saturated heterocycles. The fraction of sp³-hybridized carbons (Fsp3) is 0.667. The Bertz CT molecular complexity index is 715. The van der Waals surface area contributed by atoms with Crippen LogP contribution in [0.5, 0.6) is 0 Å². The number of benzene rings is 1. The van der Waals surface area contributed by atoms with Crippen LogP contribution < -0.4 is 0 Å². The van der Waals surface area contributed by atoms with Crippen LogP contribution in [-0.4, -0.2) is 28.0 Å². The number of aryl methyl sites for hydroxylation is 1. The molecule has 0 spiro atoms. The van der Waals surface area contributed by atoms with Crippen LogP contribution in [0.2, 0.25) is 0 Å². The third kappa shape index (κ3) is 4.00. The standard InChI is InChI=1S/C21H27F3O3/c1-2-20-10-8-19(27,9-11-21(22,23)24)13-16(20)5-3-4-14-12-15(18(25)26)6-7-17(14)20/h6-7,12,16,27H,2-5,8-11,13H2,1H3,(H,25,26)/t16-,19-,20+/m1/s1. The third-order valence-electron chi connectivity index (χ3n) is 6.84. The van der Waals surface area contributed by atoms with Gasteiger partial charge in [0.1, 0.15) is 0 Å². The molecule has 1 aromatic rings. The molecule has 0 amide bonds. The van der Waals surface area contributed by atoms with Gasteiger partial charge in [-0.05, 0) is 86.0 Å². The van der Waals surface area contributed by atoms with E-state index in [0.29, 0.717) is 19.3 Å². The first-order chi connectivity index (χ1) is 12.6. The molecule has 0 unspecified atom stereocenters. The number of carboxylic acids is 1. The Morgan fingerprint density at radius 1 is 1.30 bits per heavy atom. The molecule has 2 aliphatic carbocycles. The summed E-state index contributed by atoms with van der Waals surface area (Å²) >= 11 is 0. The second-order valence-corrected chi connectivity index (χ2v) is 8.32. The molecular formula is C21H27F3O3. The summed E-state index contributed by atoms with van der Waals surface area (Å²) in [7, 11) is 0. The summed E-state index contributed by atoms with van der Waals surface area (Å²) in [5.74, 6) is -0.833. The lowest BCUT2D eigenvalue weighted by atomic mass is 9.56. The molecule has 0 radical (unpaired) electrons. The topological polar surface area (TPSA) is 57.5 Å². The van der Waals surface area contributed by atoms with Gasteiger partial charge < -0.3 is 10.2 Å². The van der Waals surface area contributed by atoms with Gasteiger partial charge >= 0.3 is 12.1 Å². The van der Waals surface area contributed by atoms with Crippen molar-refractivity contribution in [1.82, 2.24) is 0 Å². The van der Waals surface area contributed by atoms with Crippen LogP contribution in [0.4, 0.5) is 13.2 Å². The number of alkyl halides is 3. The third-order valence-corrected chi connectivity index (χ3v) is 6.84. The molecule has 0 heterocycles. The minimum atomic E-state index is -4.25. The van der Waals surface area contributed by atoms with Crippen LogP contribution in [-0.2, 0) is 11.8 Å². The average molecular weight is 384 g/mol. The Balaban J connectivity index is 1.91. The van der Waals surface area contributed by atoms with Crippen molar-refractivity contribution in [2.75, 3.05) is 0 Å². The monoisotopic (exact) mass is 384 g/mol. The number of fused-ring (bicyclic) bond motifs is 3. The zero-order valence-corrected chi connectivity index (χ0v) is 15.6. The number of aromatic carboxylic acids is 1. The highest BCUT2D eigenvalue weighted by Crippen LogP contribution is 2.54. The molecule has 27 heavy (non-hydrogen) atoms. The molecular weight excluding hydrogens is 357 g/mol. The predicted molar refractivity (Wildman–Crippen MR) is 95.9 cm³/mol. The highest BCUT2D eigenvalue weighted by atomic mass is 19.4. The Morgan fingerprint density at radius 3 is 2.67 bits per heavy atom. The first-order valence-electron chi connectivity index (χ1n) is 9.74. The summed E-state index contributed by atoms with van der Waals surface area (Å²) in [6, 6.07) is 5.29. The maximum Gasteiger partial charge on any atom is 0.389 e. The van der Waals surface area contributed by atoms with Gasteiger partial charge in [0.05, 0.1) is 11.2 Å². The smallest absolute Gasteiger partial charge is 0.389 e. The molecule has 150 valence electrons. The largest absolute Gasteiger partial charge is 0.478 e. The molecule has 0 aromatic heterocycles. The van der Waals surface area contributed by atoms with Gasteiger partial charge in [0.15, 0.2) is 0 Å². The van der Waals surface area contributed by atoms with E-state index in [9.17, 15) is 28.2 Å². The van der Waals surface area contributed by atoms with Crippen molar-refractivity contribution >= 4 is 5.97 Å². The van der Waals surface area contributed by atoms with Crippen molar-refractivity contribution in [3.05, 3.63) is 34.9 Å². The van der Waals surface area contributed by atoms with E-state index in [1.165, 1.54) is 0 Å². The predicted octanol–water partition coefficient (Wildman–Crippen LogP) is 5.24. The van der Waals surface area contributed by atoms with Crippen molar-refractivity contribution in [3.8, 4) is 0 Å². The Labute approximate surface area is 157 Å². The van der Waals surface area contributed by atoms with Crippen LogP contribution in [0, 0.1) is 5.92 Å². The summed E-state index contributed by atoms with van der Waals surface area (Å²) in [5.41, 5.74) is 1.00. The fourth-order valence-electron chi connectivity index (χ4n) is 5.36. The van der Waals surface area contributed by atoms with Crippen molar-refractivity contribution in [3.63, 3.8) is 0 Å². The minimum absolute atomic E-state index is 0.117. The van der Waals surface area contributed by atoms with Crippen LogP contribution >= 0.6 is 0 Å². The van der Waals surface area contributed by atoms with Gasteiger partial charge in [-0.1, -0.05) is 13.0 Å². The summed E-state index contributed by atoms with van der Waals surface area (Å²) in [6.45, 7) is 2.09. The maximum atomic E-state index is 12.7. The van der Waals surface area contributed by atoms with E-state index in [4.69, 9.17) is 0 Å². The molecule has 2 N–H and O–H groups in total. The highest BCUT2D eigenvalue weighted by Gasteiger charge is 2.50. The van der Waals surface area contributed by atoms with Crippen molar-refractivity contribution in [1.29, 1.82) is 0 Å². The Morgan fingerprint density at radius 2 is 2.04 bits per heavy atom. The number of rotatable bonds is 4. The Hall–Kier alpha value is -1.56. The van der Waals surface area contributed by atoms with E-state index >= 15 is 0 Å². The van der Waals surface area contributed by atoms with E-state index < -0.39 is 24.2 Å².